The number of pyridine rings is 1. The van der Waals surface area contributed by atoms with E-state index in [1.807, 2.05) is 49.1 Å². The Morgan fingerprint density at radius 1 is 1.06 bits per heavy atom. The standard InChI is InChI=1S/C25H24ClN3O2/c1-3-13-28(14-4-2)23(30)16-22-24-20(15-17-7-5-6-8-21(17)27-24)25(31)29(22)19-11-9-18(26)10-12-19/h5-12,15-16H,3-4,13-14H2,1-2H3/b22-16-. The van der Waals surface area contributed by atoms with Crippen molar-refractivity contribution in [2.75, 3.05) is 18.0 Å². The fraction of sp³-hybridized carbons (Fsp3) is 0.240. The molecule has 2 aromatic carbocycles. The van der Waals surface area contributed by atoms with Gasteiger partial charge in [-0.15, -0.1) is 0 Å². The van der Waals surface area contributed by atoms with Crippen molar-refractivity contribution in [3.63, 3.8) is 0 Å². The van der Waals surface area contributed by atoms with Crippen LogP contribution in [0.1, 0.15) is 42.7 Å². The zero-order valence-electron chi connectivity index (χ0n) is 17.6. The van der Waals surface area contributed by atoms with Crippen molar-refractivity contribution in [3.05, 3.63) is 77.0 Å². The number of fused-ring (bicyclic) bond motifs is 2. The molecule has 5 nitrogen and oxygen atoms in total. The molecule has 0 aliphatic carbocycles. The summed E-state index contributed by atoms with van der Waals surface area (Å²) in [5.41, 5.74) is 2.94. The van der Waals surface area contributed by atoms with Gasteiger partial charge in [0.15, 0.2) is 0 Å². The van der Waals surface area contributed by atoms with Gasteiger partial charge in [0.25, 0.3) is 5.91 Å². The van der Waals surface area contributed by atoms with Crippen LogP contribution in [-0.4, -0.2) is 34.8 Å². The summed E-state index contributed by atoms with van der Waals surface area (Å²) in [6, 6.07) is 16.5. The van der Waals surface area contributed by atoms with Gasteiger partial charge in [-0.05, 0) is 49.2 Å². The first-order valence-corrected chi connectivity index (χ1v) is 10.9. The second-order valence-corrected chi connectivity index (χ2v) is 7.99. The first-order valence-electron chi connectivity index (χ1n) is 10.5. The van der Waals surface area contributed by atoms with Gasteiger partial charge in [0.05, 0.1) is 16.8 Å². The van der Waals surface area contributed by atoms with E-state index < -0.39 is 0 Å². The number of anilines is 1. The number of hydrogen-bond acceptors (Lipinski definition) is 3. The Morgan fingerprint density at radius 3 is 2.42 bits per heavy atom. The molecule has 158 valence electrons. The summed E-state index contributed by atoms with van der Waals surface area (Å²) < 4.78 is 0. The third kappa shape index (κ3) is 4.06. The van der Waals surface area contributed by atoms with Crippen LogP contribution in [0.2, 0.25) is 5.02 Å². The molecule has 2 amide bonds. The van der Waals surface area contributed by atoms with Gasteiger partial charge in [-0.2, -0.15) is 0 Å². The molecule has 1 aromatic heterocycles. The van der Waals surface area contributed by atoms with E-state index in [1.165, 1.54) is 0 Å². The Morgan fingerprint density at radius 2 is 1.74 bits per heavy atom. The summed E-state index contributed by atoms with van der Waals surface area (Å²) in [5, 5.41) is 1.47. The summed E-state index contributed by atoms with van der Waals surface area (Å²) in [6.45, 7) is 5.43. The van der Waals surface area contributed by atoms with E-state index in [2.05, 4.69) is 0 Å². The second kappa shape index (κ2) is 8.90. The smallest absolute Gasteiger partial charge is 0.265 e. The highest BCUT2D eigenvalue weighted by Crippen LogP contribution is 2.37. The van der Waals surface area contributed by atoms with E-state index in [0.29, 0.717) is 40.8 Å². The summed E-state index contributed by atoms with van der Waals surface area (Å²) >= 11 is 6.06. The summed E-state index contributed by atoms with van der Waals surface area (Å²) in [7, 11) is 0. The lowest BCUT2D eigenvalue weighted by molar-refractivity contribution is -0.126. The van der Waals surface area contributed by atoms with Gasteiger partial charge in [-0.3, -0.25) is 14.5 Å². The number of rotatable bonds is 6. The average molecular weight is 434 g/mol. The summed E-state index contributed by atoms with van der Waals surface area (Å²) in [5.74, 6) is -0.319. The summed E-state index contributed by atoms with van der Waals surface area (Å²) in [6.07, 6.45) is 3.29. The predicted molar refractivity (Wildman–Crippen MR) is 125 cm³/mol. The maximum absolute atomic E-state index is 13.4. The van der Waals surface area contributed by atoms with Crippen LogP contribution < -0.4 is 4.90 Å². The first kappa shape index (κ1) is 21.1. The van der Waals surface area contributed by atoms with E-state index in [1.54, 1.807) is 35.2 Å². The molecule has 3 aromatic rings. The molecule has 0 saturated carbocycles. The van der Waals surface area contributed by atoms with Gasteiger partial charge < -0.3 is 4.90 Å². The Kier molecular flexibility index (Phi) is 6.05. The van der Waals surface area contributed by atoms with Gasteiger partial charge in [0, 0.05) is 35.3 Å². The number of nitrogens with zero attached hydrogens (tertiary/aromatic N) is 3. The fourth-order valence-corrected chi connectivity index (χ4v) is 4.00. The minimum atomic E-state index is -0.202. The SMILES string of the molecule is CCCN(CCC)C(=O)/C=C1/c2nc3ccccc3cc2C(=O)N1c1ccc(Cl)cc1. The third-order valence-corrected chi connectivity index (χ3v) is 5.54. The minimum Gasteiger partial charge on any atom is -0.339 e. The van der Waals surface area contributed by atoms with Gasteiger partial charge in [0.1, 0.15) is 5.69 Å². The normalized spacial score (nSPS) is 14.4. The van der Waals surface area contributed by atoms with Crippen molar-refractivity contribution in [3.8, 4) is 0 Å². The van der Waals surface area contributed by atoms with Crippen molar-refractivity contribution < 1.29 is 9.59 Å². The predicted octanol–water partition coefficient (Wildman–Crippen LogP) is 5.54. The number of amides is 2. The molecule has 4 rings (SSSR count). The first-order chi connectivity index (χ1) is 15.0. The minimum absolute atomic E-state index is 0.117. The average Bonchev–Trinajstić information content (AvgIpc) is 3.03. The molecule has 0 atom stereocenters. The van der Waals surface area contributed by atoms with Crippen molar-refractivity contribution in [1.82, 2.24) is 9.88 Å². The van der Waals surface area contributed by atoms with Crippen LogP contribution in [0.4, 0.5) is 5.69 Å². The number of carbonyl (C=O) groups is 2. The zero-order chi connectivity index (χ0) is 22.0. The molecular weight excluding hydrogens is 410 g/mol. The van der Waals surface area contributed by atoms with Crippen LogP contribution in [0.3, 0.4) is 0 Å². The Hall–Kier alpha value is -3.18. The lowest BCUT2D eigenvalue weighted by Gasteiger charge is -2.22. The molecule has 6 heteroatoms. The highest BCUT2D eigenvalue weighted by molar-refractivity contribution is 6.31. The molecule has 31 heavy (non-hydrogen) atoms. The monoisotopic (exact) mass is 433 g/mol. The van der Waals surface area contributed by atoms with Gasteiger partial charge in [-0.1, -0.05) is 43.6 Å². The maximum atomic E-state index is 13.4. The van der Waals surface area contributed by atoms with E-state index in [9.17, 15) is 9.59 Å². The number of carbonyl (C=O) groups excluding carboxylic acids is 2. The molecular formula is C25H24ClN3O2. The number of para-hydroxylation sites is 1. The lowest BCUT2D eigenvalue weighted by atomic mass is 10.1. The fourth-order valence-electron chi connectivity index (χ4n) is 3.87. The molecule has 2 heterocycles. The molecule has 0 spiro atoms. The van der Waals surface area contributed by atoms with E-state index >= 15 is 0 Å². The molecule has 0 N–H and O–H groups in total. The van der Waals surface area contributed by atoms with E-state index in [4.69, 9.17) is 16.6 Å². The number of halogens is 1. The van der Waals surface area contributed by atoms with Crippen LogP contribution in [0.25, 0.3) is 16.6 Å². The Balaban J connectivity index is 1.87. The van der Waals surface area contributed by atoms with Crippen LogP contribution in [0.15, 0.2) is 60.7 Å². The van der Waals surface area contributed by atoms with Crippen molar-refractivity contribution in [2.45, 2.75) is 26.7 Å². The van der Waals surface area contributed by atoms with Gasteiger partial charge in [-0.25, -0.2) is 4.98 Å². The Labute approximate surface area is 186 Å². The summed E-state index contributed by atoms with van der Waals surface area (Å²) in [4.78, 5) is 34.7. The molecule has 1 aliphatic rings. The van der Waals surface area contributed by atoms with Crippen LogP contribution in [0, 0.1) is 0 Å². The molecule has 0 unspecified atom stereocenters. The van der Waals surface area contributed by atoms with E-state index in [0.717, 1.165) is 23.7 Å². The lowest BCUT2D eigenvalue weighted by Crippen LogP contribution is -2.32. The number of hydrogen-bond donors (Lipinski definition) is 0. The zero-order valence-corrected chi connectivity index (χ0v) is 18.4. The molecule has 0 radical (unpaired) electrons. The largest absolute Gasteiger partial charge is 0.339 e. The van der Waals surface area contributed by atoms with Crippen LogP contribution in [0.5, 0.6) is 0 Å². The second-order valence-electron chi connectivity index (χ2n) is 7.55. The van der Waals surface area contributed by atoms with Crippen molar-refractivity contribution >= 4 is 45.7 Å². The number of benzene rings is 2. The highest BCUT2D eigenvalue weighted by atomic mass is 35.5. The topological polar surface area (TPSA) is 53.5 Å². The molecule has 0 fully saturated rings. The van der Waals surface area contributed by atoms with Gasteiger partial charge >= 0.3 is 0 Å². The molecule has 1 aliphatic heterocycles. The van der Waals surface area contributed by atoms with Crippen molar-refractivity contribution in [1.29, 1.82) is 0 Å². The van der Waals surface area contributed by atoms with Gasteiger partial charge in [0.2, 0.25) is 5.91 Å². The molecule has 0 bridgehead atoms. The van der Waals surface area contributed by atoms with Crippen molar-refractivity contribution in [2.24, 2.45) is 0 Å². The van der Waals surface area contributed by atoms with E-state index in [-0.39, 0.29) is 11.8 Å². The molecule has 0 saturated heterocycles. The third-order valence-electron chi connectivity index (χ3n) is 5.28. The highest BCUT2D eigenvalue weighted by Gasteiger charge is 2.36. The van der Waals surface area contributed by atoms with Crippen LogP contribution in [-0.2, 0) is 4.79 Å². The quantitative estimate of drug-likeness (QED) is 0.479. The maximum Gasteiger partial charge on any atom is 0.265 e. The van der Waals surface area contributed by atoms with Crippen LogP contribution >= 0.6 is 11.6 Å². The Bertz CT molecular complexity index is 1170. The number of aromatic nitrogens is 1.